The molecule has 38 heavy (non-hydrogen) atoms. The van der Waals surface area contributed by atoms with Crippen molar-refractivity contribution in [3.63, 3.8) is 0 Å². The zero-order valence-corrected chi connectivity index (χ0v) is 22.6. The fourth-order valence-corrected chi connectivity index (χ4v) is 5.44. The van der Waals surface area contributed by atoms with Gasteiger partial charge in [0.25, 0.3) is 0 Å². The SMILES string of the molecule is CC1(C)CCN(c2cc(C(C)(C)NC(=O)OCc3ccccc3)cc(OC3C4CN(C(=O)O)CC43)n2)CC1. The maximum Gasteiger partial charge on any atom is 0.408 e. The predicted molar refractivity (Wildman–Crippen MR) is 143 cm³/mol. The molecule has 3 heterocycles. The molecule has 9 heteroatoms. The molecule has 0 radical (unpaired) electrons. The number of anilines is 1. The number of likely N-dealkylation sites (tertiary alicyclic amines) is 1. The molecule has 2 atom stereocenters. The number of piperidine rings is 2. The van der Waals surface area contributed by atoms with Crippen molar-refractivity contribution in [2.24, 2.45) is 17.3 Å². The lowest BCUT2D eigenvalue weighted by molar-refractivity contribution is 0.129. The van der Waals surface area contributed by atoms with Crippen molar-refractivity contribution in [2.75, 3.05) is 31.1 Å². The van der Waals surface area contributed by atoms with Crippen LogP contribution in [0.1, 0.15) is 51.7 Å². The van der Waals surface area contributed by atoms with E-state index in [9.17, 15) is 14.7 Å². The van der Waals surface area contributed by atoms with E-state index in [1.54, 1.807) is 0 Å². The van der Waals surface area contributed by atoms with Crippen molar-refractivity contribution in [1.29, 1.82) is 0 Å². The van der Waals surface area contributed by atoms with Crippen LogP contribution in [-0.4, -0.2) is 59.5 Å². The monoisotopic (exact) mass is 522 g/mol. The standard InChI is InChI=1S/C29H38N4O5/c1-28(2)10-12-32(13-11-28)23-14-20(29(3,4)31-26(34)37-18-19-8-6-5-7-9-19)15-24(30-23)38-25-21-16-33(27(35)36)17-22(21)25/h5-9,14-15,21-22,25H,10-13,16-18H2,1-4H3,(H,31,34)(H,35,36). The van der Waals surface area contributed by atoms with E-state index < -0.39 is 17.7 Å². The van der Waals surface area contributed by atoms with Crippen LogP contribution in [0, 0.1) is 17.3 Å². The number of pyridine rings is 1. The lowest BCUT2D eigenvalue weighted by Gasteiger charge is -2.38. The minimum absolute atomic E-state index is 0.0339. The highest BCUT2D eigenvalue weighted by atomic mass is 16.5. The highest BCUT2D eigenvalue weighted by Gasteiger charge is 2.59. The summed E-state index contributed by atoms with van der Waals surface area (Å²) in [6, 6.07) is 13.5. The molecular formula is C29H38N4O5. The minimum Gasteiger partial charge on any atom is -0.474 e. The van der Waals surface area contributed by atoms with Gasteiger partial charge in [0.05, 0.1) is 5.54 Å². The maximum absolute atomic E-state index is 12.7. The largest absolute Gasteiger partial charge is 0.474 e. The first-order valence-electron chi connectivity index (χ1n) is 13.4. The topological polar surface area (TPSA) is 104 Å². The summed E-state index contributed by atoms with van der Waals surface area (Å²) in [7, 11) is 0. The van der Waals surface area contributed by atoms with E-state index in [1.807, 2.05) is 56.3 Å². The first-order chi connectivity index (χ1) is 18.0. The molecule has 2 saturated heterocycles. The molecule has 1 aromatic heterocycles. The second-order valence-electron chi connectivity index (χ2n) is 12.1. The molecule has 1 saturated carbocycles. The third-order valence-corrected chi connectivity index (χ3v) is 8.22. The summed E-state index contributed by atoms with van der Waals surface area (Å²) in [5.41, 5.74) is 1.36. The Bertz CT molecular complexity index is 1160. The van der Waals surface area contributed by atoms with Gasteiger partial charge in [0.15, 0.2) is 0 Å². The van der Waals surface area contributed by atoms with E-state index in [-0.39, 0.29) is 24.5 Å². The minimum atomic E-state index is -0.877. The van der Waals surface area contributed by atoms with Crippen molar-refractivity contribution in [2.45, 2.75) is 58.8 Å². The van der Waals surface area contributed by atoms with Crippen LogP contribution in [0.15, 0.2) is 42.5 Å². The molecule has 1 aliphatic carbocycles. The summed E-state index contributed by atoms with van der Waals surface area (Å²) < 4.78 is 11.8. The Morgan fingerprint density at radius 3 is 2.39 bits per heavy atom. The summed E-state index contributed by atoms with van der Waals surface area (Å²) in [6.45, 7) is 11.5. The molecule has 2 N–H and O–H groups in total. The third-order valence-electron chi connectivity index (χ3n) is 8.22. The zero-order chi connectivity index (χ0) is 27.1. The number of ether oxygens (including phenoxy) is 2. The fraction of sp³-hybridized carbons (Fsp3) is 0.552. The number of carbonyl (C=O) groups is 2. The first kappa shape index (κ1) is 26.1. The molecule has 1 aromatic carbocycles. The summed E-state index contributed by atoms with van der Waals surface area (Å²) in [4.78, 5) is 32.6. The number of alkyl carbamates (subject to hydrolysis) is 1. The van der Waals surface area contributed by atoms with Crippen molar-refractivity contribution in [1.82, 2.24) is 15.2 Å². The number of hydrogen-bond donors (Lipinski definition) is 2. The van der Waals surface area contributed by atoms with Gasteiger partial charge in [-0.3, -0.25) is 0 Å². The normalized spacial score (nSPS) is 23.9. The fourth-order valence-electron chi connectivity index (χ4n) is 5.44. The summed E-state index contributed by atoms with van der Waals surface area (Å²) >= 11 is 0. The van der Waals surface area contributed by atoms with Gasteiger partial charge in [0.1, 0.15) is 18.5 Å². The summed E-state index contributed by atoms with van der Waals surface area (Å²) in [6.07, 6.45) is 0.734. The van der Waals surface area contributed by atoms with E-state index >= 15 is 0 Å². The smallest absolute Gasteiger partial charge is 0.408 e. The number of rotatable bonds is 7. The Hall–Kier alpha value is -3.49. The molecule has 2 unspecified atom stereocenters. The van der Waals surface area contributed by atoms with Gasteiger partial charge in [0.2, 0.25) is 5.88 Å². The van der Waals surface area contributed by atoms with Gasteiger partial charge in [0, 0.05) is 44.1 Å². The van der Waals surface area contributed by atoms with Gasteiger partial charge < -0.3 is 29.7 Å². The van der Waals surface area contributed by atoms with E-state index in [0.29, 0.717) is 24.4 Å². The van der Waals surface area contributed by atoms with E-state index in [1.165, 1.54) is 4.90 Å². The lowest BCUT2D eigenvalue weighted by Crippen LogP contribution is -2.42. The van der Waals surface area contributed by atoms with Crippen molar-refractivity contribution < 1.29 is 24.2 Å². The van der Waals surface area contributed by atoms with Gasteiger partial charge in [-0.25, -0.2) is 9.59 Å². The van der Waals surface area contributed by atoms with Crippen LogP contribution in [0.2, 0.25) is 0 Å². The van der Waals surface area contributed by atoms with Crippen LogP contribution in [0.4, 0.5) is 15.4 Å². The highest BCUT2D eigenvalue weighted by Crippen LogP contribution is 2.48. The van der Waals surface area contributed by atoms with Crippen molar-refractivity contribution in [3.8, 4) is 5.88 Å². The Morgan fingerprint density at radius 2 is 1.76 bits per heavy atom. The number of nitrogens with zero attached hydrogens (tertiary/aromatic N) is 3. The van der Waals surface area contributed by atoms with E-state index in [2.05, 4.69) is 24.1 Å². The van der Waals surface area contributed by atoms with Crippen molar-refractivity contribution >= 4 is 18.0 Å². The predicted octanol–water partition coefficient (Wildman–Crippen LogP) is 4.86. The Balaban J connectivity index is 1.31. The van der Waals surface area contributed by atoms with Crippen LogP contribution in [0.3, 0.4) is 0 Å². The van der Waals surface area contributed by atoms with Gasteiger partial charge >= 0.3 is 12.2 Å². The summed E-state index contributed by atoms with van der Waals surface area (Å²) in [5, 5.41) is 12.3. The average Bonchev–Trinajstić information content (AvgIpc) is 3.29. The number of carboxylic acid groups (broad SMARTS) is 1. The Labute approximate surface area is 224 Å². The number of hydrogen-bond acceptors (Lipinski definition) is 6. The molecule has 5 rings (SSSR count). The van der Waals surface area contributed by atoms with Gasteiger partial charge in [-0.15, -0.1) is 0 Å². The third kappa shape index (κ3) is 5.81. The molecule has 3 fully saturated rings. The number of aromatic nitrogens is 1. The molecule has 3 aliphatic rings. The Morgan fingerprint density at radius 1 is 1.11 bits per heavy atom. The van der Waals surface area contributed by atoms with Gasteiger partial charge in [-0.05, 0) is 49.3 Å². The quantitative estimate of drug-likeness (QED) is 0.535. The number of carbonyl (C=O) groups excluding carboxylic acids is 1. The lowest BCUT2D eigenvalue weighted by atomic mass is 9.82. The Kier molecular flexibility index (Phi) is 6.88. The van der Waals surface area contributed by atoms with Crippen LogP contribution in [0.5, 0.6) is 5.88 Å². The second kappa shape index (κ2) is 10.0. The van der Waals surface area contributed by atoms with Crippen molar-refractivity contribution in [3.05, 3.63) is 53.6 Å². The van der Waals surface area contributed by atoms with Crippen LogP contribution < -0.4 is 15.0 Å². The maximum atomic E-state index is 12.7. The molecular weight excluding hydrogens is 484 g/mol. The molecule has 0 spiro atoms. The molecule has 0 bridgehead atoms. The van der Waals surface area contributed by atoms with Gasteiger partial charge in [-0.1, -0.05) is 44.2 Å². The van der Waals surface area contributed by atoms with Gasteiger partial charge in [-0.2, -0.15) is 4.98 Å². The number of benzene rings is 1. The molecule has 2 aromatic rings. The second-order valence-corrected chi connectivity index (χ2v) is 12.1. The first-order valence-corrected chi connectivity index (χ1v) is 13.4. The molecule has 2 amide bonds. The summed E-state index contributed by atoms with van der Waals surface area (Å²) in [5.74, 6) is 1.75. The van der Waals surface area contributed by atoms with E-state index in [4.69, 9.17) is 14.5 Å². The number of nitrogens with one attached hydrogen (secondary N) is 1. The van der Waals surface area contributed by atoms with Crippen LogP contribution in [0.25, 0.3) is 0 Å². The zero-order valence-electron chi connectivity index (χ0n) is 22.6. The highest BCUT2D eigenvalue weighted by molar-refractivity contribution is 5.69. The van der Waals surface area contributed by atoms with Crippen LogP contribution >= 0.6 is 0 Å². The molecule has 9 nitrogen and oxygen atoms in total. The number of fused-ring (bicyclic) bond motifs is 1. The average molecular weight is 523 g/mol. The molecule has 2 aliphatic heterocycles. The van der Waals surface area contributed by atoms with E-state index in [0.717, 1.165) is 42.9 Å². The van der Waals surface area contributed by atoms with Crippen LogP contribution in [-0.2, 0) is 16.9 Å². The number of amides is 2. The molecule has 204 valence electrons.